The van der Waals surface area contributed by atoms with Gasteiger partial charge in [-0.05, 0) is 24.5 Å². The van der Waals surface area contributed by atoms with Gasteiger partial charge in [-0.3, -0.25) is 4.79 Å². The van der Waals surface area contributed by atoms with Gasteiger partial charge in [0.15, 0.2) is 0 Å². The maximum Gasteiger partial charge on any atom is 0.311 e. The largest absolute Gasteiger partial charge is 0.495 e. The Balaban J connectivity index is 2.28. The van der Waals surface area contributed by atoms with Gasteiger partial charge < -0.3 is 14.8 Å². The van der Waals surface area contributed by atoms with Crippen LogP contribution in [0.1, 0.15) is 23.6 Å². The van der Waals surface area contributed by atoms with E-state index in [1.807, 2.05) is 18.2 Å². The minimum Gasteiger partial charge on any atom is -0.495 e. The summed E-state index contributed by atoms with van der Waals surface area (Å²) in [6.07, 6.45) is 1.48. The van der Waals surface area contributed by atoms with Crippen LogP contribution in [0.5, 0.6) is 5.75 Å². The Bertz CT molecular complexity index is 600. The van der Waals surface area contributed by atoms with Crippen LogP contribution < -0.4 is 4.74 Å². The molecule has 1 aromatic carbocycles. The van der Waals surface area contributed by atoms with Crippen molar-refractivity contribution in [3.63, 3.8) is 0 Å². The third-order valence-electron chi connectivity index (χ3n) is 3.47. The van der Waals surface area contributed by atoms with Gasteiger partial charge >= 0.3 is 5.97 Å². The molecule has 0 fully saturated rings. The molecule has 4 heteroatoms. The monoisotopic (exact) mass is 231 g/mol. The molecule has 1 atom stereocenters. The number of hydrogen-bond donors (Lipinski definition) is 2. The molecule has 0 radical (unpaired) electrons. The maximum atomic E-state index is 11.2. The van der Waals surface area contributed by atoms with Gasteiger partial charge in [-0.2, -0.15) is 0 Å². The van der Waals surface area contributed by atoms with Crippen molar-refractivity contribution in [1.82, 2.24) is 4.98 Å². The predicted molar refractivity (Wildman–Crippen MR) is 63.5 cm³/mol. The number of para-hydroxylation sites is 1. The molecular formula is C13H13NO3. The number of aromatic amines is 1. The van der Waals surface area contributed by atoms with Gasteiger partial charge in [0.05, 0.1) is 18.5 Å². The lowest BCUT2D eigenvalue weighted by Crippen LogP contribution is -2.07. The number of rotatable bonds is 2. The van der Waals surface area contributed by atoms with Gasteiger partial charge in [0.2, 0.25) is 0 Å². The second-order valence-corrected chi connectivity index (χ2v) is 4.33. The summed E-state index contributed by atoms with van der Waals surface area (Å²) in [4.78, 5) is 14.5. The number of methoxy groups -OCH3 is 1. The summed E-state index contributed by atoms with van der Waals surface area (Å²) in [5, 5.41) is 10.2. The third kappa shape index (κ3) is 1.33. The normalized spacial score (nSPS) is 18.3. The summed E-state index contributed by atoms with van der Waals surface area (Å²) in [7, 11) is 1.62. The summed E-state index contributed by atoms with van der Waals surface area (Å²) in [5.41, 5.74) is 2.88. The number of H-pyrrole nitrogens is 1. The average molecular weight is 231 g/mol. The third-order valence-corrected chi connectivity index (χ3v) is 3.47. The lowest BCUT2D eigenvalue weighted by atomic mass is 10.0. The molecule has 0 saturated carbocycles. The van der Waals surface area contributed by atoms with Crippen LogP contribution in [0.4, 0.5) is 0 Å². The number of aliphatic carboxylic acids is 1. The number of aryl methyl sites for hydroxylation is 1. The van der Waals surface area contributed by atoms with Crippen LogP contribution >= 0.6 is 0 Å². The molecule has 0 amide bonds. The van der Waals surface area contributed by atoms with Crippen LogP contribution in [0, 0.1) is 0 Å². The van der Waals surface area contributed by atoms with E-state index in [-0.39, 0.29) is 5.92 Å². The Morgan fingerprint density at radius 1 is 1.53 bits per heavy atom. The van der Waals surface area contributed by atoms with Crippen LogP contribution in [0.3, 0.4) is 0 Å². The van der Waals surface area contributed by atoms with E-state index in [2.05, 4.69) is 4.98 Å². The highest BCUT2D eigenvalue weighted by Gasteiger charge is 2.32. The number of carboxylic acids is 1. The second kappa shape index (κ2) is 3.52. The molecular weight excluding hydrogens is 218 g/mol. The first-order chi connectivity index (χ1) is 8.22. The van der Waals surface area contributed by atoms with Gasteiger partial charge in [-0.1, -0.05) is 12.1 Å². The number of fused-ring (bicyclic) bond motifs is 3. The molecule has 17 heavy (non-hydrogen) atoms. The fraction of sp³-hybridized carbons (Fsp3) is 0.308. The van der Waals surface area contributed by atoms with Crippen LogP contribution in [0.25, 0.3) is 10.9 Å². The molecule has 88 valence electrons. The van der Waals surface area contributed by atoms with Gasteiger partial charge in [0.25, 0.3) is 0 Å². The Kier molecular flexibility index (Phi) is 2.11. The van der Waals surface area contributed by atoms with Crippen LogP contribution in [-0.2, 0) is 11.2 Å². The quantitative estimate of drug-likeness (QED) is 0.833. The standard InChI is InChI=1S/C13H13NO3/c1-17-10-4-2-3-7-11-8(13(15)16)5-6-9(11)14-12(7)10/h2-4,8,14H,5-6H2,1H3,(H,15,16). The zero-order chi connectivity index (χ0) is 12.0. The molecule has 1 aromatic heterocycles. The summed E-state index contributed by atoms with van der Waals surface area (Å²) < 4.78 is 5.28. The summed E-state index contributed by atoms with van der Waals surface area (Å²) in [5.74, 6) is -0.362. The molecule has 1 heterocycles. The van der Waals surface area contributed by atoms with Crippen LogP contribution in [0.15, 0.2) is 18.2 Å². The lowest BCUT2D eigenvalue weighted by Gasteiger charge is -2.05. The molecule has 3 rings (SSSR count). The number of ether oxygens (including phenoxy) is 1. The highest BCUT2D eigenvalue weighted by atomic mass is 16.5. The first kappa shape index (κ1) is 10.2. The Morgan fingerprint density at radius 2 is 2.35 bits per heavy atom. The van der Waals surface area contributed by atoms with E-state index in [9.17, 15) is 9.90 Å². The summed E-state index contributed by atoms with van der Waals surface area (Å²) >= 11 is 0. The van der Waals surface area contributed by atoms with E-state index in [1.54, 1.807) is 7.11 Å². The molecule has 0 bridgehead atoms. The lowest BCUT2D eigenvalue weighted by molar-refractivity contribution is -0.138. The molecule has 1 aliphatic rings. The number of benzene rings is 1. The molecule has 1 aliphatic carbocycles. The van der Waals surface area contributed by atoms with E-state index in [0.717, 1.165) is 34.3 Å². The van der Waals surface area contributed by atoms with Crippen molar-refractivity contribution in [3.8, 4) is 5.75 Å². The first-order valence-corrected chi connectivity index (χ1v) is 5.62. The molecule has 4 nitrogen and oxygen atoms in total. The number of carboxylic acid groups (broad SMARTS) is 1. The van der Waals surface area contributed by atoms with Crippen molar-refractivity contribution < 1.29 is 14.6 Å². The van der Waals surface area contributed by atoms with E-state index < -0.39 is 5.97 Å². The maximum absolute atomic E-state index is 11.2. The smallest absolute Gasteiger partial charge is 0.311 e. The van der Waals surface area contributed by atoms with Crippen molar-refractivity contribution in [2.45, 2.75) is 18.8 Å². The summed E-state index contributed by atoms with van der Waals surface area (Å²) in [6, 6.07) is 5.73. The fourth-order valence-electron chi connectivity index (χ4n) is 2.71. The predicted octanol–water partition coefficient (Wildman–Crippen LogP) is 2.29. The van der Waals surface area contributed by atoms with Crippen LogP contribution in [0.2, 0.25) is 0 Å². The average Bonchev–Trinajstić information content (AvgIpc) is 2.86. The molecule has 2 N–H and O–H groups in total. The van der Waals surface area contributed by atoms with Crippen LogP contribution in [-0.4, -0.2) is 23.2 Å². The topological polar surface area (TPSA) is 62.3 Å². The van der Waals surface area contributed by atoms with Gasteiger partial charge in [-0.15, -0.1) is 0 Å². The van der Waals surface area contributed by atoms with Gasteiger partial charge in [0, 0.05) is 11.1 Å². The molecule has 2 aromatic rings. The van der Waals surface area contributed by atoms with Crippen molar-refractivity contribution in [2.24, 2.45) is 0 Å². The number of aromatic nitrogens is 1. The van der Waals surface area contributed by atoms with Crippen molar-refractivity contribution in [2.75, 3.05) is 7.11 Å². The van der Waals surface area contributed by atoms with Gasteiger partial charge in [0.1, 0.15) is 5.75 Å². The molecule has 0 aliphatic heterocycles. The highest BCUT2D eigenvalue weighted by Crippen LogP contribution is 2.40. The van der Waals surface area contributed by atoms with E-state index in [4.69, 9.17) is 4.74 Å². The van der Waals surface area contributed by atoms with Crippen molar-refractivity contribution >= 4 is 16.9 Å². The zero-order valence-corrected chi connectivity index (χ0v) is 9.49. The van der Waals surface area contributed by atoms with Crippen molar-refractivity contribution in [3.05, 3.63) is 29.5 Å². The van der Waals surface area contributed by atoms with Crippen molar-refractivity contribution in [1.29, 1.82) is 0 Å². The first-order valence-electron chi connectivity index (χ1n) is 5.62. The summed E-state index contributed by atoms with van der Waals surface area (Å²) in [6.45, 7) is 0. The minimum absolute atomic E-state index is 0.383. The van der Waals surface area contributed by atoms with E-state index in [1.165, 1.54) is 0 Å². The van der Waals surface area contributed by atoms with E-state index in [0.29, 0.717) is 6.42 Å². The SMILES string of the molecule is COc1cccc2c3c([nH]c12)CCC3C(=O)O. The Labute approximate surface area is 98.2 Å². The van der Waals surface area contributed by atoms with Gasteiger partial charge in [-0.25, -0.2) is 0 Å². The Hall–Kier alpha value is -1.97. The Morgan fingerprint density at radius 3 is 3.06 bits per heavy atom. The zero-order valence-electron chi connectivity index (χ0n) is 9.49. The number of nitrogens with one attached hydrogen (secondary N) is 1. The molecule has 0 spiro atoms. The highest BCUT2D eigenvalue weighted by molar-refractivity contribution is 5.94. The second-order valence-electron chi connectivity index (χ2n) is 4.33. The molecule has 0 saturated heterocycles. The fourth-order valence-corrected chi connectivity index (χ4v) is 2.71. The number of carbonyl (C=O) groups is 1. The van der Waals surface area contributed by atoms with E-state index >= 15 is 0 Å². The number of hydrogen-bond acceptors (Lipinski definition) is 2. The minimum atomic E-state index is -0.743. The molecule has 1 unspecified atom stereocenters.